The zero-order valence-electron chi connectivity index (χ0n) is 11.1. The Bertz CT molecular complexity index is 706. The zero-order valence-corrected chi connectivity index (χ0v) is 11.1. The van der Waals surface area contributed by atoms with E-state index in [9.17, 15) is 9.59 Å². The quantitative estimate of drug-likeness (QED) is 0.865. The highest BCUT2D eigenvalue weighted by molar-refractivity contribution is 6.00. The molecule has 104 valence electrons. The molecule has 2 rings (SSSR count). The molecule has 2 amide bonds. The van der Waals surface area contributed by atoms with Gasteiger partial charge in [-0.3, -0.25) is 15.0 Å². The summed E-state index contributed by atoms with van der Waals surface area (Å²) in [5, 5.41) is 11.2. The highest BCUT2D eigenvalue weighted by Crippen LogP contribution is 2.11. The van der Waals surface area contributed by atoms with Gasteiger partial charge in [0.25, 0.3) is 0 Å². The van der Waals surface area contributed by atoms with Crippen LogP contribution in [0.5, 0.6) is 0 Å². The molecule has 0 saturated heterocycles. The number of rotatable bonds is 3. The molecule has 0 bridgehead atoms. The van der Waals surface area contributed by atoms with Crippen LogP contribution in [-0.2, 0) is 0 Å². The van der Waals surface area contributed by atoms with E-state index < -0.39 is 6.03 Å². The topological polar surface area (TPSA) is 99.0 Å². The van der Waals surface area contributed by atoms with Gasteiger partial charge in [-0.1, -0.05) is 6.07 Å². The lowest BCUT2D eigenvalue weighted by Crippen LogP contribution is -2.32. The molecular formula is C14H11N5O2. The number of urea groups is 1. The summed E-state index contributed by atoms with van der Waals surface area (Å²) in [7, 11) is 1.52. The van der Waals surface area contributed by atoms with E-state index in [4.69, 9.17) is 5.26 Å². The van der Waals surface area contributed by atoms with Crippen LogP contribution in [0.15, 0.2) is 36.5 Å². The maximum atomic E-state index is 12.0. The van der Waals surface area contributed by atoms with Crippen molar-refractivity contribution in [2.24, 2.45) is 0 Å². The molecule has 1 N–H and O–H groups in total. The first-order valence-electron chi connectivity index (χ1n) is 5.97. The van der Waals surface area contributed by atoms with Crippen molar-refractivity contribution in [1.82, 2.24) is 9.97 Å². The highest BCUT2D eigenvalue weighted by atomic mass is 16.2. The van der Waals surface area contributed by atoms with Crippen molar-refractivity contribution >= 4 is 24.0 Å². The van der Waals surface area contributed by atoms with Gasteiger partial charge in [-0.05, 0) is 24.3 Å². The minimum atomic E-state index is -0.456. The van der Waals surface area contributed by atoms with E-state index in [0.29, 0.717) is 23.5 Å². The lowest BCUT2D eigenvalue weighted by molar-refractivity contribution is 0.111. The molecule has 0 saturated carbocycles. The van der Waals surface area contributed by atoms with Crippen molar-refractivity contribution in [3.8, 4) is 6.07 Å². The number of nitriles is 1. The number of nitrogens with zero attached hydrogens (tertiary/aromatic N) is 4. The van der Waals surface area contributed by atoms with E-state index in [-0.39, 0.29) is 5.69 Å². The molecule has 0 spiro atoms. The molecule has 2 heterocycles. The molecule has 21 heavy (non-hydrogen) atoms. The Morgan fingerprint density at radius 2 is 2.19 bits per heavy atom. The van der Waals surface area contributed by atoms with Gasteiger partial charge in [-0.15, -0.1) is 0 Å². The van der Waals surface area contributed by atoms with Crippen molar-refractivity contribution in [3.63, 3.8) is 0 Å². The van der Waals surface area contributed by atoms with Crippen molar-refractivity contribution in [1.29, 1.82) is 5.26 Å². The third kappa shape index (κ3) is 3.39. The minimum absolute atomic E-state index is 0.239. The standard InChI is InChI=1S/C14H11N5O2/c1-19(13-4-2-3-11(9-20)17-13)14(21)18-12-6-5-10(7-15)8-16-12/h2-6,8-9H,1H3,(H,16,18,21). The zero-order chi connectivity index (χ0) is 15.2. The van der Waals surface area contributed by atoms with Crippen LogP contribution in [0.2, 0.25) is 0 Å². The number of hydrogen-bond acceptors (Lipinski definition) is 5. The van der Waals surface area contributed by atoms with Gasteiger partial charge in [0.1, 0.15) is 23.4 Å². The lowest BCUT2D eigenvalue weighted by Gasteiger charge is -2.16. The van der Waals surface area contributed by atoms with Gasteiger partial charge in [-0.25, -0.2) is 14.8 Å². The summed E-state index contributed by atoms with van der Waals surface area (Å²) in [5.41, 5.74) is 0.644. The minimum Gasteiger partial charge on any atom is -0.296 e. The number of anilines is 2. The Morgan fingerprint density at radius 1 is 1.38 bits per heavy atom. The van der Waals surface area contributed by atoms with E-state index >= 15 is 0 Å². The number of pyridine rings is 2. The number of hydrogen-bond donors (Lipinski definition) is 1. The number of nitrogens with one attached hydrogen (secondary N) is 1. The first-order valence-corrected chi connectivity index (χ1v) is 5.97. The van der Waals surface area contributed by atoms with Gasteiger partial charge in [0.2, 0.25) is 0 Å². The number of carbonyl (C=O) groups is 2. The average Bonchev–Trinajstić information content (AvgIpc) is 2.54. The number of carbonyl (C=O) groups excluding carboxylic acids is 2. The molecule has 2 aromatic rings. The molecule has 0 fully saturated rings. The van der Waals surface area contributed by atoms with E-state index in [1.165, 1.54) is 24.2 Å². The number of amides is 2. The van der Waals surface area contributed by atoms with Gasteiger partial charge in [0.15, 0.2) is 6.29 Å². The van der Waals surface area contributed by atoms with Crippen molar-refractivity contribution < 1.29 is 9.59 Å². The fourth-order valence-electron chi connectivity index (χ4n) is 1.52. The molecule has 7 heteroatoms. The maximum absolute atomic E-state index is 12.0. The van der Waals surface area contributed by atoms with Gasteiger partial charge in [0.05, 0.1) is 5.56 Å². The molecule has 0 aliphatic carbocycles. The van der Waals surface area contributed by atoms with Crippen molar-refractivity contribution in [3.05, 3.63) is 47.8 Å². The van der Waals surface area contributed by atoms with E-state index in [1.54, 1.807) is 24.3 Å². The van der Waals surface area contributed by atoms with Crippen LogP contribution in [0.25, 0.3) is 0 Å². The second-order valence-electron chi connectivity index (χ2n) is 4.07. The van der Waals surface area contributed by atoms with E-state index in [0.717, 1.165) is 0 Å². The summed E-state index contributed by atoms with van der Waals surface area (Å²) in [6.45, 7) is 0. The largest absolute Gasteiger partial charge is 0.328 e. The van der Waals surface area contributed by atoms with E-state index in [2.05, 4.69) is 15.3 Å². The van der Waals surface area contributed by atoms with Gasteiger partial charge in [-0.2, -0.15) is 5.26 Å². The molecule has 0 aliphatic heterocycles. The van der Waals surface area contributed by atoms with Crippen LogP contribution in [0.1, 0.15) is 16.1 Å². The third-order valence-electron chi connectivity index (χ3n) is 2.65. The number of aromatic nitrogens is 2. The first kappa shape index (κ1) is 14.1. The molecule has 0 atom stereocenters. The molecule has 0 unspecified atom stereocenters. The summed E-state index contributed by atoms with van der Waals surface area (Å²) in [5.74, 6) is 0.656. The Hall–Kier alpha value is -3.27. The summed E-state index contributed by atoms with van der Waals surface area (Å²) in [4.78, 5) is 31.9. The van der Waals surface area contributed by atoms with Gasteiger partial charge in [0, 0.05) is 13.2 Å². The summed E-state index contributed by atoms with van der Waals surface area (Å²) in [6.07, 6.45) is 1.97. The Kier molecular flexibility index (Phi) is 4.21. The fraction of sp³-hybridized carbons (Fsp3) is 0.0714. The van der Waals surface area contributed by atoms with Crippen molar-refractivity contribution in [2.45, 2.75) is 0 Å². The van der Waals surface area contributed by atoms with Crippen LogP contribution >= 0.6 is 0 Å². The van der Waals surface area contributed by atoms with E-state index in [1.807, 2.05) is 6.07 Å². The first-order chi connectivity index (χ1) is 10.1. The van der Waals surface area contributed by atoms with Crippen LogP contribution in [0, 0.1) is 11.3 Å². The highest BCUT2D eigenvalue weighted by Gasteiger charge is 2.13. The van der Waals surface area contributed by atoms with Gasteiger partial charge >= 0.3 is 6.03 Å². The Morgan fingerprint density at radius 3 is 2.81 bits per heavy atom. The van der Waals surface area contributed by atoms with Crippen molar-refractivity contribution in [2.75, 3.05) is 17.3 Å². The third-order valence-corrected chi connectivity index (χ3v) is 2.65. The molecule has 0 aliphatic rings. The summed E-state index contributed by atoms with van der Waals surface area (Å²) >= 11 is 0. The average molecular weight is 281 g/mol. The normalized spacial score (nSPS) is 9.52. The smallest absolute Gasteiger partial charge is 0.296 e. The SMILES string of the molecule is CN(C(=O)Nc1ccc(C#N)cn1)c1cccc(C=O)n1. The van der Waals surface area contributed by atoms with Crippen LogP contribution in [0.3, 0.4) is 0 Å². The fourth-order valence-corrected chi connectivity index (χ4v) is 1.52. The molecular weight excluding hydrogens is 270 g/mol. The van der Waals surface area contributed by atoms with Crippen LogP contribution < -0.4 is 10.2 Å². The van der Waals surface area contributed by atoms with Gasteiger partial charge < -0.3 is 0 Å². The molecule has 7 nitrogen and oxygen atoms in total. The summed E-state index contributed by atoms with van der Waals surface area (Å²) < 4.78 is 0. The van der Waals surface area contributed by atoms with Crippen LogP contribution in [-0.4, -0.2) is 29.3 Å². The second-order valence-corrected chi connectivity index (χ2v) is 4.07. The maximum Gasteiger partial charge on any atom is 0.328 e. The Balaban J connectivity index is 2.11. The molecule has 0 radical (unpaired) electrons. The predicted molar refractivity (Wildman–Crippen MR) is 76.0 cm³/mol. The predicted octanol–water partition coefficient (Wildman–Crippen LogP) is 1.83. The monoisotopic (exact) mass is 281 g/mol. The molecule has 0 aromatic carbocycles. The number of aldehydes is 1. The summed E-state index contributed by atoms with van der Waals surface area (Å²) in [6, 6.07) is 9.35. The molecule has 2 aromatic heterocycles. The second kappa shape index (κ2) is 6.25. The Labute approximate surface area is 120 Å². The van der Waals surface area contributed by atoms with Crippen LogP contribution in [0.4, 0.5) is 16.4 Å². The lowest BCUT2D eigenvalue weighted by atomic mass is 10.3.